The van der Waals surface area contributed by atoms with Crippen molar-refractivity contribution >= 4 is 38.9 Å². The molecule has 0 N–H and O–H groups in total. The van der Waals surface area contributed by atoms with Crippen LogP contribution in [0.5, 0.6) is 5.75 Å². The first-order valence-electron chi connectivity index (χ1n) is 12.5. The molecule has 0 saturated heterocycles. The molecule has 7 nitrogen and oxygen atoms in total. The average molecular weight is 511 g/mol. The van der Waals surface area contributed by atoms with Gasteiger partial charge in [0, 0.05) is 11.9 Å². The first-order chi connectivity index (χ1) is 19.2. The fraction of sp³-hybridized carbons (Fsp3) is 0.0312. The first kappa shape index (κ1) is 22.7. The monoisotopic (exact) mass is 510 g/mol. The van der Waals surface area contributed by atoms with Gasteiger partial charge in [-0.1, -0.05) is 48.5 Å². The van der Waals surface area contributed by atoms with Crippen LogP contribution in [0, 0.1) is 0 Å². The third-order valence-electron chi connectivity index (χ3n) is 6.81. The molecular formula is C32H22N4O3. The molecule has 39 heavy (non-hydrogen) atoms. The lowest BCUT2D eigenvalue weighted by molar-refractivity contribution is 0.419. The minimum atomic E-state index is -0.289. The molecule has 0 bridgehead atoms. The summed E-state index contributed by atoms with van der Waals surface area (Å²) in [6, 6.07) is 33.0. The third kappa shape index (κ3) is 3.88. The number of hydrogen-bond donors (Lipinski definition) is 0. The van der Waals surface area contributed by atoms with Crippen molar-refractivity contribution < 1.29 is 9.15 Å². The fourth-order valence-electron chi connectivity index (χ4n) is 4.89. The maximum absolute atomic E-state index is 13.7. The maximum Gasteiger partial charge on any atom is 0.282 e. The first-order valence-corrected chi connectivity index (χ1v) is 12.5. The molecule has 0 aliphatic rings. The van der Waals surface area contributed by atoms with E-state index in [9.17, 15) is 4.79 Å². The van der Waals surface area contributed by atoms with Crippen molar-refractivity contribution in [2.45, 2.75) is 0 Å². The van der Waals surface area contributed by atoms with Crippen LogP contribution in [0.15, 0.2) is 124 Å². The number of nitrogens with zero attached hydrogens (tertiary/aromatic N) is 4. The third-order valence-corrected chi connectivity index (χ3v) is 6.81. The van der Waals surface area contributed by atoms with Crippen LogP contribution in [0.3, 0.4) is 0 Å². The molecule has 0 fully saturated rings. The number of benzene rings is 4. The van der Waals surface area contributed by atoms with E-state index in [1.54, 1.807) is 19.4 Å². The molecule has 0 amide bonds. The lowest BCUT2D eigenvalue weighted by Crippen LogP contribution is -2.20. The highest BCUT2D eigenvalue weighted by atomic mass is 16.5. The quantitative estimate of drug-likeness (QED) is 0.243. The molecule has 0 aliphatic carbocycles. The predicted octanol–water partition coefficient (Wildman–Crippen LogP) is 6.64. The van der Waals surface area contributed by atoms with Crippen LogP contribution >= 0.6 is 0 Å². The van der Waals surface area contributed by atoms with Gasteiger partial charge in [0.2, 0.25) is 5.82 Å². The maximum atomic E-state index is 13.7. The van der Waals surface area contributed by atoms with Crippen LogP contribution in [-0.2, 0) is 0 Å². The molecule has 7 rings (SSSR count). The molecule has 7 heteroatoms. The number of methoxy groups -OCH3 is 1. The Kier molecular flexibility index (Phi) is 5.33. The molecule has 3 heterocycles. The van der Waals surface area contributed by atoms with Gasteiger partial charge in [0.15, 0.2) is 5.76 Å². The summed E-state index contributed by atoms with van der Waals surface area (Å²) in [6.07, 6.45) is 3.64. The van der Waals surface area contributed by atoms with Crippen LogP contribution < -0.4 is 10.3 Å². The molecule has 0 saturated carbocycles. The van der Waals surface area contributed by atoms with Gasteiger partial charge < -0.3 is 13.7 Å². The van der Waals surface area contributed by atoms with Crippen molar-refractivity contribution in [2.24, 2.45) is 5.10 Å². The van der Waals surface area contributed by atoms with Crippen molar-refractivity contribution in [1.82, 2.24) is 14.2 Å². The van der Waals surface area contributed by atoms with E-state index < -0.39 is 0 Å². The van der Waals surface area contributed by atoms with E-state index in [2.05, 4.69) is 35.4 Å². The standard InChI is InChI=1S/C32H22N4O3/c1-38-28-13-6-14-29-26(28)19-30(39-29)31-34-27-12-5-4-11-25(27)32(37)36(31)33-20-24-10-7-17-35(24)23-16-15-21-8-2-3-9-22(21)18-23/h2-20H,1H3. The Morgan fingerprint density at radius 1 is 0.846 bits per heavy atom. The van der Waals surface area contributed by atoms with Gasteiger partial charge in [-0.15, -0.1) is 0 Å². The second kappa shape index (κ2) is 9.15. The van der Waals surface area contributed by atoms with E-state index in [-0.39, 0.29) is 5.56 Å². The zero-order valence-corrected chi connectivity index (χ0v) is 21.0. The highest BCUT2D eigenvalue weighted by molar-refractivity contribution is 5.89. The van der Waals surface area contributed by atoms with E-state index >= 15 is 0 Å². The molecule has 0 atom stereocenters. The molecule has 4 aromatic carbocycles. The molecule has 0 spiro atoms. The van der Waals surface area contributed by atoms with Gasteiger partial charge in [-0.2, -0.15) is 9.78 Å². The van der Waals surface area contributed by atoms with Crippen molar-refractivity contribution in [3.8, 4) is 23.0 Å². The smallest absolute Gasteiger partial charge is 0.282 e. The normalized spacial score (nSPS) is 11.7. The van der Waals surface area contributed by atoms with E-state index in [1.807, 2.05) is 77.5 Å². The predicted molar refractivity (Wildman–Crippen MR) is 154 cm³/mol. The van der Waals surface area contributed by atoms with Crippen LogP contribution in [0.2, 0.25) is 0 Å². The number of furan rings is 1. The van der Waals surface area contributed by atoms with Crippen molar-refractivity contribution in [3.63, 3.8) is 0 Å². The summed E-state index contributed by atoms with van der Waals surface area (Å²) in [5.74, 6) is 1.39. The molecule has 0 unspecified atom stereocenters. The highest BCUT2D eigenvalue weighted by Crippen LogP contribution is 2.33. The van der Waals surface area contributed by atoms with E-state index in [1.165, 1.54) is 10.1 Å². The Balaban J connectivity index is 1.38. The highest BCUT2D eigenvalue weighted by Gasteiger charge is 2.18. The van der Waals surface area contributed by atoms with Gasteiger partial charge in [0.25, 0.3) is 5.56 Å². The average Bonchev–Trinajstić information content (AvgIpc) is 3.63. The van der Waals surface area contributed by atoms with Gasteiger partial charge in [-0.05, 0) is 65.4 Å². The Morgan fingerprint density at radius 3 is 2.59 bits per heavy atom. The summed E-state index contributed by atoms with van der Waals surface area (Å²) in [6.45, 7) is 0. The molecule has 0 aliphatic heterocycles. The molecule has 188 valence electrons. The van der Waals surface area contributed by atoms with Crippen LogP contribution in [0.25, 0.3) is 49.9 Å². The lowest BCUT2D eigenvalue weighted by atomic mass is 10.1. The molecular weight excluding hydrogens is 488 g/mol. The molecule has 3 aromatic heterocycles. The Morgan fingerprint density at radius 2 is 1.69 bits per heavy atom. The molecule has 0 radical (unpaired) electrons. The zero-order valence-electron chi connectivity index (χ0n) is 21.0. The Bertz CT molecular complexity index is 2100. The Labute approximate surface area is 222 Å². The second-order valence-electron chi connectivity index (χ2n) is 9.13. The van der Waals surface area contributed by atoms with Crippen LogP contribution in [-0.4, -0.2) is 27.6 Å². The van der Waals surface area contributed by atoms with Gasteiger partial charge in [0.05, 0.1) is 35.3 Å². The minimum absolute atomic E-state index is 0.289. The van der Waals surface area contributed by atoms with E-state index in [4.69, 9.17) is 14.1 Å². The number of rotatable bonds is 5. The summed E-state index contributed by atoms with van der Waals surface area (Å²) in [5, 5.41) is 8.21. The van der Waals surface area contributed by atoms with Gasteiger partial charge in [0.1, 0.15) is 11.3 Å². The topological polar surface area (TPSA) is 74.6 Å². The van der Waals surface area contributed by atoms with Gasteiger partial charge in [-0.25, -0.2) is 4.98 Å². The van der Waals surface area contributed by atoms with Gasteiger partial charge in [-0.3, -0.25) is 4.79 Å². The summed E-state index contributed by atoms with van der Waals surface area (Å²) in [4.78, 5) is 18.4. The van der Waals surface area contributed by atoms with Crippen LogP contribution in [0.4, 0.5) is 0 Å². The zero-order chi connectivity index (χ0) is 26.3. The van der Waals surface area contributed by atoms with Gasteiger partial charge >= 0.3 is 0 Å². The van der Waals surface area contributed by atoms with Crippen molar-refractivity contribution in [2.75, 3.05) is 7.11 Å². The van der Waals surface area contributed by atoms with Crippen molar-refractivity contribution in [1.29, 1.82) is 0 Å². The van der Waals surface area contributed by atoms with Crippen molar-refractivity contribution in [3.05, 3.63) is 125 Å². The SMILES string of the molecule is COc1cccc2oc(-c3nc4ccccc4c(=O)n3N=Cc3cccn3-c3ccc4ccccc4c3)cc12. The number of hydrogen-bond acceptors (Lipinski definition) is 5. The lowest BCUT2D eigenvalue weighted by Gasteiger charge is -2.09. The summed E-state index contributed by atoms with van der Waals surface area (Å²) in [5.41, 5.74) is 2.71. The number of para-hydroxylation sites is 1. The summed E-state index contributed by atoms with van der Waals surface area (Å²) >= 11 is 0. The second-order valence-corrected chi connectivity index (χ2v) is 9.13. The minimum Gasteiger partial charge on any atom is -0.496 e. The number of aromatic nitrogens is 3. The largest absolute Gasteiger partial charge is 0.496 e. The van der Waals surface area contributed by atoms with E-state index in [0.717, 1.165) is 22.2 Å². The summed E-state index contributed by atoms with van der Waals surface area (Å²) < 4.78 is 15.0. The summed E-state index contributed by atoms with van der Waals surface area (Å²) in [7, 11) is 1.61. The Hall–Kier alpha value is -5.43. The van der Waals surface area contributed by atoms with Crippen LogP contribution in [0.1, 0.15) is 5.69 Å². The fourth-order valence-corrected chi connectivity index (χ4v) is 4.89. The van der Waals surface area contributed by atoms with E-state index in [0.29, 0.717) is 33.8 Å². The number of fused-ring (bicyclic) bond motifs is 3. The molecule has 7 aromatic rings. The number of ether oxygens (including phenoxy) is 1.